The van der Waals surface area contributed by atoms with Gasteiger partial charge in [0.1, 0.15) is 0 Å². The molecule has 20 heavy (non-hydrogen) atoms. The molecule has 0 aliphatic heterocycles. The summed E-state index contributed by atoms with van der Waals surface area (Å²) in [4.78, 5) is 17.0. The zero-order chi connectivity index (χ0) is 14.4. The van der Waals surface area contributed by atoms with Gasteiger partial charge in [-0.3, -0.25) is 9.78 Å². The van der Waals surface area contributed by atoms with Crippen LogP contribution in [0.25, 0.3) is 0 Å². The smallest absolute Gasteiger partial charge is 0.237 e. The number of amides is 1. The second kappa shape index (κ2) is 6.73. The number of nitriles is 1. The summed E-state index contributed by atoms with van der Waals surface area (Å²) in [7, 11) is 0. The maximum Gasteiger partial charge on any atom is 0.237 e. The highest BCUT2D eigenvalue weighted by Gasteiger charge is 2.14. The summed E-state index contributed by atoms with van der Waals surface area (Å²) in [5, 5.41) is 11.4. The van der Waals surface area contributed by atoms with Gasteiger partial charge in [0.05, 0.1) is 16.9 Å². The van der Waals surface area contributed by atoms with Crippen molar-refractivity contribution in [3.63, 3.8) is 0 Å². The van der Waals surface area contributed by atoms with Crippen molar-refractivity contribution < 1.29 is 4.79 Å². The molecule has 0 aliphatic rings. The van der Waals surface area contributed by atoms with Gasteiger partial charge in [0, 0.05) is 23.0 Å². The lowest BCUT2D eigenvalue weighted by Crippen LogP contribution is -2.22. The normalized spacial score (nSPS) is 11.4. The first-order valence-corrected chi connectivity index (χ1v) is 6.95. The predicted molar refractivity (Wildman–Crippen MR) is 79.3 cm³/mol. The SMILES string of the molecule is C[C@H](Sc1ccncc1)C(=O)Nc1cccc(C#N)c1. The number of aromatic nitrogens is 1. The van der Waals surface area contributed by atoms with E-state index in [0.29, 0.717) is 11.3 Å². The molecular weight excluding hydrogens is 270 g/mol. The Balaban J connectivity index is 1.99. The number of carbonyl (C=O) groups excluding carboxylic acids is 1. The van der Waals surface area contributed by atoms with Gasteiger partial charge in [0.25, 0.3) is 0 Å². The van der Waals surface area contributed by atoms with Crippen LogP contribution in [0, 0.1) is 11.3 Å². The fourth-order valence-electron chi connectivity index (χ4n) is 1.58. The summed E-state index contributed by atoms with van der Waals surface area (Å²) in [6.45, 7) is 1.84. The summed E-state index contributed by atoms with van der Waals surface area (Å²) in [5.74, 6) is -0.0955. The molecule has 0 unspecified atom stereocenters. The summed E-state index contributed by atoms with van der Waals surface area (Å²) in [6.07, 6.45) is 3.40. The lowest BCUT2D eigenvalue weighted by Gasteiger charge is -2.12. The number of nitrogens with zero attached hydrogens (tertiary/aromatic N) is 2. The van der Waals surface area contributed by atoms with E-state index in [9.17, 15) is 4.79 Å². The van der Waals surface area contributed by atoms with Crippen LogP contribution in [-0.2, 0) is 4.79 Å². The van der Waals surface area contributed by atoms with E-state index in [-0.39, 0.29) is 11.2 Å². The number of hydrogen-bond acceptors (Lipinski definition) is 4. The number of pyridine rings is 1. The summed E-state index contributed by atoms with van der Waals surface area (Å²) >= 11 is 1.46. The van der Waals surface area contributed by atoms with Gasteiger partial charge in [-0.2, -0.15) is 5.26 Å². The van der Waals surface area contributed by atoms with E-state index < -0.39 is 0 Å². The van der Waals surface area contributed by atoms with Gasteiger partial charge < -0.3 is 5.32 Å². The van der Waals surface area contributed by atoms with E-state index >= 15 is 0 Å². The summed E-state index contributed by atoms with van der Waals surface area (Å²) < 4.78 is 0. The molecule has 5 heteroatoms. The Hall–Kier alpha value is -2.32. The second-order valence-corrected chi connectivity index (χ2v) is 5.54. The lowest BCUT2D eigenvalue weighted by molar-refractivity contribution is -0.115. The molecule has 4 nitrogen and oxygen atoms in total. The quantitative estimate of drug-likeness (QED) is 0.876. The number of thioether (sulfide) groups is 1. The fraction of sp³-hybridized carbons (Fsp3) is 0.133. The molecule has 2 rings (SSSR count). The van der Waals surface area contributed by atoms with Crippen LogP contribution >= 0.6 is 11.8 Å². The minimum Gasteiger partial charge on any atom is -0.325 e. The number of benzene rings is 1. The lowest BCUT2D eigenvalue weighted by atomic mass is 10.2. The van der Waals surface area contributed by atoms with Crippen molar-refractivity contribution in [3.05, 3.63) is 54.4 Å². The van der Waals surface area contributed by atoms with Crippen molar-refractivity contribution in [2.75, 3.05) is 5.32 Å². The number of hydrogen-bond donors (Lipinski definition) is 1. The zero-order valence-corrected chi connectivity index (χ0v) is 11.7. The minimum atomic E-state index is -0.233. The van der Waals surface area contributed by atoms with Crippen molar-refractivity contribution in [3.8, 4) is 6.07 Å². The first-order valence-electron chi connectivity index (χ1n) is 6.07. The van der Waals surface area contributed by atoms with Crippen LogP contribution in [0.15, 0.2) is 53.7 Å². The van der Waals surface area contributed by atoms with Crippen LogP contribution < -0.4 is 5.32 Å². The topological polar surface area (TPSA) is 65.8 Å². The van der Waals surface area contributed by atoms with Crippen LogP contribution in [0.1, 0.15) is 12.5 Å². The number of anilines is 1. The molecule has 0 radical (unpaired) electrons. The third kappa shape index (κ3) is 3.84. The molecule has 0 spiro atoms. The van der Waals surface area contributed by atoms with Crippen LogP contribution in [0.4, 0.5) is 5.69 Å². The summed E-state index contributed by atoms with van der Waals surface area (Å²) in [5.41, 5.74) is 1.16. The van der Waals surface area contributed by atoms with E-state index in [0.717, 1.165) is 4.90 Å². The molecule has 2 aromatic rings. The molecule has 1 amide bonds. The van der Waals surface area contributed by atoms with Gasteiger partial charge in [-0.05, 0) is 37.3 Å². The fourth-order valence-corrected chi connectivity index (χ4v) is 2.44. The Bertz CT molecular complexity index is 637. The highest BCUT2D eigenvalue weighted by molar-refractivity contribution is 8.00. The van der Waals surface area contributed by atoms with E-state index in [1.54, 1.807) is 36.7 Å². The van der Waals surface area contributed by atoms with Gasteiger partial charge in [-0.1, -0.05) is 6.07 Å². The van der Waals surface area contributed by atoms with Gasteiger partial charge in [-0.15, -0.1) is 11.8 Å². The average Bonchev–Trinajstić information content (AvgIpc) is 2.48. The van der Waals surface area contributed by atoms with Crippen molar-refractivity contribution in [1.82, 2.24) is 4.98 Å². The Morgan fingerprint density at radius 3 is 2.80 bits per heavy atom. The van der Waals surface area contributed by atoms with Gasteiger partial charge >= 0.3 is 0 Å². The van der Waals surface area contributed by atoms with Crippen LogP contribution in [-0.4, -0.2) is 16.1 Å². The molecular formula is C15H13N3OS. The molecule has 0 bridgehead atoms. The van der Waals surface area contributed by atoms with Crippen molar-refractivity contribution in [1.29, 1.82) is 5.26 Å². The first-order chi connectivity index (χ1) is 9.69. The van der Waals surface area contributed by atoms with Gasteiger partial charge in [0.2, 0.25) is 5.91 Å². The largest absolute Gasteiger partial charge is 0.325 e. The Kier molecular flexibility index (Phi) is 4.75. The third-order valence-electron chi connectivity index (χ3n) is 2.59. The highest BCUT2D eigenvalue weighted by Crippen LogP contribution is 2.23. The maximum absolute atomic E-state index is 12.1. The van der Waals surface area contributed by atoms with E-state index in [2.05, 4.69) is 10.3 Å². The number of rotatable bonds is 4. The zero-order valence-electron chi connectivity index (χ0n) is 10.9. The molecule has 0 saturated carbocycles. The third-order valence-corrected chi connectivity index (χ3v) is 3.70. The second-order valence-electron chi connectivity index (χ2n) is 4.12. The molecule has 0 aliphatic carbocycles. The van der Waals surface area contributed by atoms with E-state index in [1.165, 1.54) is 11.8 Å². The molecule has 0 saturated heterocycles. The molecule has 1 aromatic carbocycles. The number of nitrogens with one attached hydrogen (secondary N) is 1. The molecule has 100 valence electrons. The standard InChI is InChI=1S/C15H13N3OS/c1-11(20-14-5-7-17-8-6-14)15(19)18-13-4-2-3-12(9-13)10-16/h2-9,11H,1H3,(H,18,19)/t11-/m0/s1. The van der Waals surface area contributed by atoms with Gasteiger partial charge in [0.15, 0.2) is 0 Å². The molecule has 0 fully saturated rings. The van der Waals surface area contributed by atoms with Crippen molar-refractivity contribution in [2.45, 2.75) is 17.1 Å². The molecule has 1 aromatic heterocycles. The van der Waals surface area contributed by atoms with Gasteiger partial charge in [-0.25, -0.2) is 0 Å². The number of carbonyl (C=O) groups is 1. The maximum atomic E-state index is 12.1. The minimum absolute atomic E-state index is 0.0955. The van der Waals surface area contributed by atoms with Crippen molar-refractivity contribution in [2.24, 2.45) is 0 Å². The first kappa shape index (κ1) is 14.1. The average molecular weight is 283 g/mol. The molecule has 1 N–H and O–H groups in total. The Morgan fingerprint density at radius 1 is 1.35 bits per heavy atom. The summed E-state index contributed by atoms with van der Waals surface area (Å²) in [6, 6.07) is 12.6. The Morgan fingerprint density at radius 2 is 2.10 bits per heavy atom. The highest BCUT2D eigenvalue weighted by atomic mass is 32.2. The van der Waals surface area contributed by atoms with Crippen LogP contribution in [0.3, 0.4) is 0 Å². The van der Waals surface area contributed by atoms with Crippen LogP contribution in [0.2, 0.25) is 0 Å². The monoisotopic (exact) mass is 283 g/mol. The Labute approximate surface area is 121 Å². The van der Waals surface area contributed by atoms with Crippen LogP contribution in [0.5, 0.6) is 0 Å². The van der Waals surface area contributed by atoms with Crippen molar-refractivity contribution >= 4 is 23.4 Å². The molecule has 1 atom stereocenters. The molecule has 1 heterocycles. The van der Waals surface area contributed by atoms with E-state index in [4.69, 9.17) is 5.26 Å². The van der Waals surface area contributed by atoms with E-state index in [1.807, 2.05) is 25.1 Å². The predicted octanol–water partition coefficient (Wildman–Crippen LogP) is 3.07.